The fourth-order valence-corrected chi connectivity index (χ4v) is 2.96. The molecule has 3 amide bonds. The number of aryl methyl sites for hydroxylation is 3. The summed E-state index contributed by atoms with van der Waals surface area (Å²) < 4.78 is 3.96. The summed E-state index contributed by atoms with van der Waals surface area (Å²) in [6.45, 7) is 0.163. The number of nitro groups is 1. The molecule has 3 aromatic rings. The third-order valence-electron chi connectivity index (χ3n) is 4.58. The lowest BCUT2D eigenvalue weighted by atomic mass is 10.4. The predicted molar refractivity (Wildman–Crippen MR) is 121 cm³/mol. The highest BCUT2D eigenvalue weighted by atomic mass is 16.6. The number of nitrogens with zero attached hydrogens (tertiary/aromatic N) is 7. The maximum Gasteiger partial charge on any atom is 0.382 e. The van der Waals surface area contributed by atoms with Gasteiger partial charge in [-0.15, -0.1) is 0 Å². The number of aromatic nitrogens is 6. The lowest BCUT2D eigenvalue weighted by Gasteiger charge is -2.03. The van der Waals surface area contributed by atoms with Crippen molar-refractivity contribution in [3.8, 4) is 0 Å². The van der Waals surface area contributed by atoms with Gasteiger partial charge in [-0.3, -0.25) is 19.8 Å². The summed E-state index contributed by atoms with van der Waals surface area (Å²) in [6.07, 6.45) is 4.08. The smallest absolute Gasteiger partial charge is 0.382 e. The zero-order valence-electron chi connectivity index (χ0n) is 18.9. The van der Waals surface area contributed by atoms with Crippen LogP contribution in [0.15, 0.2) is 18.6 Å². The van der Waals surface area contributed by atoms with Crippen LogP contribution in [0.25, 0.3) is 0 Å². The molecule has 17 heteroatoms. The Kier molecular flexibility index (Phi) is 6.88. The minimum atomic E-state index is -0.754. The number of carbonyl (C=O) groups is 3. The van der Waals surface area contributed by atoms with Crippen molar-refractivity contribution in [2.45, 2.75) is 6.42 Å². The number of hydrogen-bond donors (Lipinski definition) is 5. The molecule has 35 heavy (non-hydrogen) atoms. The first-order valence-corrected chi connectivity index (χ1v) is 9.94. The Hall–Kier alpha value is -5.09. The maximum absolute atomic E-state index is 12.7. The number of nitrogens with one attached hydrogen (secondary N) is 4. The molecule has 3 heterocycles. The topological polar surface area (TPSA) is 234 Å². The van der Waals surface area contributed by atoms with E-state index < -0.39 is 28.5 Å². The van der Waals surface area contributed by atoms with E-state index in [2.05, 4.69) is 30.9 Å². The quantitative estimate of drug-likeness (QED) is 0.112. The van der Waals surface area contributed by atoms with Crippen molar-refractivity contribution in [2.75, 3.05) is 17.2 Å². The number of amidine groups is 1. The first kappa shape index (κ1) is 24.6. The second-order valence-corrected chi connectivity index (χ2v) is 7.35. The highest BCUT2D eigenvalue weighted by molar-refractivity contribution is 6.04. The van der Waals surface area contributed by atoms with Crippen LogP contribution in [0.3, 0.4) is 0 Å². The Morgan fingerprint density at radius 2 is 1.37 bits per heavy atom. The second-order valence-electron chi connectivity index (χ2n) is 7.35. The van der Waals surface area contributed by atoms with E-state index in [1.807, 2.05) is 0 Å². The summed E-state index contributed by atoms with van der Waals surface area (Å²) >= 11 is 0. The van der Waals surface area contributed by atoms with Crippen molar-refractivity contribution in [3.63, 3.8) is 0 Å². The van der Waals surface area contributed by atoms with Gasteiger partial charge in [0.2, 0.25) is 11.6 Å². The number of anilines is 2. The van der Waals surface area contributed by atoms with Crippen molar-refractivity contribution in [1.82, 2.24) is 34.0 Å². The van der Waals surface area contributed by atoms with E-state index in [4.69, 9.17) is 11.1 Å². The van der Waals surface area contributed by atoms with Gasteiger partial charge in [0.15, 0.2) is 11.6 Å². The molecule has 0 fully saturated rings. The molecule has 0 aliphatic carbocycles. The maximum atomic E-state index is 12.7. The second kappa shape index (κ2) is 9.81. The van der Waals surface area contributed by atoms with E-state index in [9.17, 15) is 24.5 Å². The summed E-state index contributed by atoms with van der Waals surface area (Å²) in [5.74, 6) is -2.64. The number of hydrogen-bond acceptors (Lipinski definition) is 9. The molecule has 0 aliphatic heterocycles. The number of carbonyl (C=O) groups excluding carboxylic acids is 3. The van der Waals surface area contributed by atoms with Gasteiger partial charge in [0.25, 0.3) is 11.8 Å². The molecule has 0 radical (unpaired) electrons. The van der Waals surface area contributed by atoms with Crippen LogP contribution >= 0.6 is 0 Å². The molecule has 184 valence electrons. The molecular weight excluding hydrogens is 464 g/mol. The predicted octanol–water partition coefficient (Wildman–Crippen LogP) is -0.644. The van der Waals surface area contributed by atoms with Crippen LogP contribution in [-0.4, -0.2) is 63.7 Å². The van der Waals surface area contributed by atoms with Gasteiger partial charge in [0.1, 0.15) is 6.20 Å². The Balaban J connectivity index is 1.68. The Labute approximate surface area is 197 Å². The number of amides is 3. The lowest BCUT2D eigenvalue weighted by molar-refractivity contribution is -0.389. The van der Waals surface area contributed by atoms with Crippen molar-refractivity contribution in [2.24, 2.45) is 26.9 Å². The SMILES string of the molecule is Cn1cc(NC(=O)c2nc(NC(=O)c3nc([N+](=O)[O-])cn3C)cn2C)nc1C(=O)NCCC(=N)N. The molecule has 0 aromatic carbocycles. The molecule has 0 aliphatic rings. The molecule has 17 nitrogen and oxygen atoms in total. The summed E-state index contributed by atoms with van der Waals surface area (Å²) in [5.41, 5.74) is 5.25. The van der Waals surface area contributed by atoms with Crippen LogP contribution in [0.4, 0.5) is 17.5 Å². The molecule has 3 rings (SSSR count). The van der Waals surface area contributed by atoms with Gasteiger partial charge < -0.3 is 45.5 Å². The standard InChI is InChI=1S/C18H22N12O5/c1-27-6-10(22-13(27)16(31)21-5-4-9(19)20)24-17(32)14-23-11(7-28(14)2)25-18(33)15-26-12(30(34)35)8-29(15)3/h6-8H,4-5H2,1-3H3,(H3,19,20)(H,21,31)(H,24,32)(H,25,33). The molecule has 0 unspecified atom stereocenters. The monoisotopic (exact) mass is 486 g/mol. The van der Waals surface area contributed by atoms with Crippen LogP contribution in [0, 0.1) is 15.5 Å². The largest absolute Gasteiger partial charge is 0.388 e. The summed E-state index contributed by atoms with van der Waals surface area (Å²) in [7, 11) is 4.52. The molecule has 0 atom stereocenters. The average Bonchev–Trinajstić information content (AvgIpc) is 3.44. The van der Waals surface area contributed by atoms with Crippen molar-refractivity contribution in [3.05, 3.63) is 46.2 Å². The van der Waals surface area contributed by atoms with Crippen molar-refractivity contribution in [1.29, 1.82) is 5.41 Å². The highest BCUT2D eigenvalue weighted by Crippen LogP contribution is 2.14. The number of imidazole rings is 3. The van der Waals surface area contributed by atoms with E-state index >= 15 is 0 Å². The minimum absolute atomic E-state index is 0.0138. The van der Waals surface area contributed by atoms with Crippen LogP contribution in [0.1, 0.15) is 38.3 Å². The summed E-state index contributed by atoms with van der Waals surface area (Å²) in [5, 5.41) is 25.5. The summed E-state index contributed by atoms with van der Waals surface area (Å²) in [6, 6.07) is 0. The minimum Gasteiger partial charge on any atom is -0.388 e. The molecule has 0 saturated carbocycles. The normalized spacial score (nSPS) is 10.6. The summed E-state index contributed by atoms with van der Waals surface area (Å²) in [4.78, 5) is 59.3. The third-order valence-corrected chi connectivity index (χ3v) is 4.58. The van der Waals surface area contributed by atoms with Gasteiger partial charge in [-0.2, -0.15) is 0 Å². The van der Waals surface area contributed by atoms with Gasteiger partial charge in [0.05, 0.1) is 5.84 Å². The lowest BCUT2D eigenvalue weighted by Crippen LogP contribution is -2.29. The molecule has 0 bridgehead atoms. The van der Waals surface area contributed by atoms with Gasteiger partial charge >= 0.3 is 17.5 Å². The average molecular weight is 486 g/mol. The fourth-order valence-electron chi connectivity index (χ4n) is 2.96. The van der Waals surface area contributed by atoms with Gasteiger partial charge in [0, 0.05) is 46.5 Å². The molecule has 0 saturated heterocycles. The van der Waals surface area contributed by atoms with E-state index in [0.29, 0.717) is 0 Å². The highest BCUT2D eigenvalue weighted by Gasteiger charge is 2.25. The zero-order valence-corrected chi connectivity index (χ0v) is 18.9. The Morgan fingerprint density at radius 3 is 1.83 bits per heavy atom. The third kappa shape index (κ3) is 5.64. The first-order valence-electron chi connectivity index (χ1n) is 9.94. The molecule has 0 spiro atoms. The van der Waals surface area contributed by atoms with Gasteiger partial charge in [-0.25, -0.2) is 9.97 Å². The molecular formula is C18H22N12O5. The van der Waals surface area contributed by atoms with Crippen LogP contribution in [0.2, 0.25) is 0 Å². The van der Waals surface area contributed by atoms with Gasteiger partial charge in [-0.05, 0) is 9.91 Å². The number of nitrogens with two attached hydrogens (primary N) is 1. The van der Waals surface area contributed by atoms with Crippen LogP contribution < -0.4 is 21.7 Å². The van der Waals surface area contributed by atoms with Crippen molar-refractivity contribution < 1.29 is 19.3 Å². The van der Waals surface area contributed by atoms with Gasteiger partial charge in [-0.1, -0.05) is 0 Å². The zero-order chi connectivity index (χ0) is 25.9. The fraction of sp³-hybridized carbons (Fsp3) is 0.278. The van der Waals surface area contributed by atoms with E-state index in [-0.39, 0.29) is 47.9 Å². The van der Waals surface area contributed by atoms with E-state index in [1.54, 1.807) is 7.05 Å². The van der Waals surface area contributed by atoms with Crippen LogP contribution in [-0.2, 0) is 21.1 Å². The first-order chi connectivity index (χ1) is 16.5. The van der Waals surface area contributed by atoms with E-state index in [0.717, 1.165) is 6.20 Å². The number of rotatable bonds is 9. The van der Waals surface area contributed by atoms with E-state index in [1.165, 1.54) is 40.2 Å². The van der Waals surface area contributed by atoms with Crippen LogP contribution in [0.5, 0.6) is 0 Å². The molecule has 3 aromatic heterocycles. The van der Waals surface area contributed by atoms with Crippen molar-refractivity contribution >= 4 is 41.0 Å². The molecule has 6 N–H and O–H groups in total. The Bertz CT molecular complexity index is 1330. The Morgan fingerprint density at radius 1 is 0.914 bits per heavy atom.